The Balaban J connectivity index is 2.02. The molecule has 7 heteroatoms. The van der Waals surface area contributed by atoms with Gasteiger partial charge in [-0.1, -0.05) is 30.3 Å². The van der Waals surface area contributed by atoms with E-state index in [9.17, 15) is 24.8 Å². The average molecular weight is 340 g/mol. The number of aliphatic hydroxyl groups is 1. The Morgan fingerprint density at radius 1 is 1.20 bits per heavy atom. The van der Waals surface area contributed by atoms with E-state index in [4.69, 9.17) is 0 Å². The van der Waals surface area contributed by atoms with Crippen LogP contribution in [0.4, 0.5) is 11.4 Å². The summed E-state index contributed by atoms with van der Waals surface area (Å²) in [5.41, 5.74) is -1.60. The fourth-order valence-corrected chi connectivity index (χ4v) is 3.19. The summed E-state index contributed by atoms with van der Waals surface area (Å²) in [6, 6.07) is 12.2. The van der Waals surface area contributed by atoms with Crippen LogP contribution in [0.1, 0.15) is 29.3 Å². The van der Waals surface area contributed by atoms with Crippen molar-refractivity contribution in [3.05, 3.63) is 69.8 Å². The summed E-state index contributed by atoms with van der Waals surface area (Å²) in [6.45, 7) is 2.11. The number of amides is 1. The summed E-state index contributed by atoms with van der Waals surface area (Å²) in [4.78, 5) is 37.2. The summed E-state index contributed by atoms with van der Waals surface area (Å²) in [6.07, 6.45) is -0.551. The Kier molecular flexibility index (Phi) is 4.10. The Hall–Kier alpha value is -3.06. The number of rotatable bonds is 5. The van der Waals surface area contributed by atoms with Crippen LogP contribution in [0, 0.1) is 10.1 Å². The monoisotopic (exact) mass is 340 g/mol. The summed E-state index contributed by atoms with van der Waals surface area (Å²) >= 11 is 0. The average Bonchev–Trinajstić information content (AvgIpc) is 2.82. The van der Waals surface area contributed by atoms with E-state index in [0.717, 1.165) is 0 Å². The van der Waals surface area contributed by atoms with E-state index in [0.29, 0.717) is 17.8 Å². The fraction of sp³-hybridized carbons (Fsp3) is 0.222. The number of likely N-dealkylation sites (N-methyl/N-ethyl adjacent to an activating group) is 1. The van der Waals surface area contributed by atoms with Crippen molar-refractivity contribution in [2.45, 2.75) is 18.9 Å². The zero-order valence-electron chi connectivity index (χ0n) is 13.5. The van der Waals surface area contributed by atoms with Crippen molar-refractivity contribution in [3.63, 3.8) is 0 Å². The van der Waals surface area contributed by atoms with Crippen molar-refractivity contribution in [1.29, 1.82) is 0 Å². The minimum absolute atomic E-state index is 0.124. The lowest BCUT2D eigenvalue weighted by molar-refractivity contribution is -0.385. The number of Topliss-reactive ketones (excluding diaryl/α,β-unsaturated/α-hetero) is 1. The number of nitro groups is 1. The quantitative estimate of drug-likeness (QED) is 0.512. The molecule has 1 atom stereocenters. The van der Waals surface area contributed by atoms with Gasteiger partial charge >= 0.3 is 0 Å². The Bertz CT molecular complexity index is 879. The van der Waals surface area contributed by atoms with Gasteiger partial charge in [0, 0.05) is 18.2 Å². The second-order valence-electron chi connectivity index (χ2n) is 5.80. The lowest BCUT2D eigenvalue weighted by Crippen LogP contribution is -2.41. The highest BCUT2D eigenvalue weighted by Gasteiger charge is 2.50. The molecule has 0 saturated heterocycles. The predicted molar refractivity (Wildman–Crippen MR) is 90.4 cm³/mol. The summed E-state index contributed by atoms with van der Waals surface area (Å²) in [7, 11) is 0. The van der Waals surface area contributed by atoms with Crippen LogP contribution in [0.2, 0.25) is 0 Å². The van der Waals surface area contributed by atoms with Crippen LogP contribution in [-0.4, -0.2) is 28.3 Å². The van der Waals surface area contributed by atoms with E-state index in [2.05, 4.69) is 0 Å². The molecular formula is C18H16N2O5. The van der Waals surface area contributed by atoms with E-state index in [1.807, 2.05) is 0 Å². The number of nitro benzene ring substituents is 1. The first-order valence-corrected chi connectivity index (χ1v) is 7.80. The predicted octanol–water partition coefficient (Wildman–Crippen LogP) is 2.42. The van der Waals surface area contributed by atoms with Crippen LogP contribution in [0.15, 0.2) is 48.5 Å². The second-order valence-corrected chi connectivity index (χ2v) is 5.80. The smallest absolute Gasteiger partial charge is 0.280 e. The van der Waals surface area contributed by atoms with Gasteiger partial charge in [-0.05, 0) is 19.1 Å². The molecule has 7 nitrogen and oxygen atoms in total. The number of ketones is 1. The number of para-hydroxylation sites is 2. The lowest BCUT2D eigenvalue weighted by Gasteiger charge is -2.22. The SMILES string of the molecule is CCN1C(=O)[C@@](O)(CC(=O)c2ccccc2[N+](=O)[O-])c2ccccc21. The molecule has 128 valence electrons. The van der Waals surface area contributed by atoms with Crippen LogP contribution < -0.4 is 4.90 Å². The molecule has 0 spiro atoms. The van der Waals surface area contributed by atoms with Gasteiger partial charge in [-0.15, -0.1) is 0 Å². The third kappa shape index (κ3) is 2.58. The molecule has 0 radical (unpaired) electrons. The van der Waals surface area contributed by atoms with Gasteiger partial charge < -0.3 is 10.0 Å². The Labute approximate surface area is 143 Å². The molecule has 1 aliphatic heterocycles. The van der Waals surface area contributed by atoms with Crippen molar-refractivity contribution in [2.24, 2.45) is 0 Å². The molecule has 0 aliphatic carbocycles. The summed E-state index contributed by atoms with van der Waals surface area (Å²) < 4.78 is 0. The third-order valence-corrected chi connectivity index (χ3v) is 4.37. The standard InChI is InChI=1S/C18H16N2O5/c1-2-19-15-10-6-4-8-13(15)18(23,17(19)22)11-16(21)12-7-3-5-9-14(12)20(24)25/h3-10,23H,2,11H2,1H3/t18-/m1/s1. The largest absolute Gasteiger partial charge is 0.375 e. The van der Waals surface area contributed by atoms with Gasteiger partial charge in [-0.25, -0.2) is 0 Å². The van der Waals surface area contributed by atoms with Crippen molar-refractivity contribution in [3.8, 4) is 0 Å². The van der Waals surface area contributed by atoms with E-state index in [1.165, 1.54) is 29.2 Å². The lowest BCUT2D eigenvalue weighted by atomic mass is 9.88. The highest BCUT2D eigenvalue weighted by Crippen LogP contribution is 2.43. The van der Waals surface area contributed by atoms with E-state index < -0.39 is 28.6 Å². The molecule has 2 aromatic carbocycles. The molecule has 25 heavy (non-hydrogen) atoms. The van der Waals surface area contributed by atoms with Crippen LogP contribution >= 0.6 is 0 Å². The van der Waals surface area contributed by atoms with E-state index >= 15 is 0 Å². The van der Waals surface area contributed by atoms with Gasteiger partial charge in [0.15, 0.2) is 11.4 Å². The number of hydrogen-bond donors (Lipinski definition) is 1. The van der Waals surface area contributed by atoms with Gasteiger partial charge in [0.25, 0.3) is 11.6 Å². The Morgan fingerprint density at radius 2 is 1.84 bits per heavy atom. The Morgan fingerprint density at radius 3 is 2.52 bits per heavy atom. The summed E-state index contributed by atoms with van der Waals surface area (Å²) in [5, 5.41) is 22.1. The van der Waals surface area contributed by atoms with Gasteiger partial charge in [0.2, 0.25) is 0 Å². The van der Waals surface area contributed by atoms with Crippen molar-refractivity contribution in [2.75, 3.05) is 11.4 Å². The molecule has 1 N–H and O–H groups in total. The topological polar surface area (TPSA) is 101 Å². The van der Waals surface area contributed by atoms with Gasteiger partial charge in [0.1, 0.15) is 0 Å². The molecule has 2 aromatic rings. The van der Waals surface area contributed by atoms with Gasteiger partial charge in [-0.3, -0.25) is 19.7 Å². The molecule has 1 amide bonds. The highest BCUT2D eigenvalue weighted by molar-refractivity contribution is 6.11. The van der Waals surface area contributed by atoms with E-state index in [1.54, 1.807) is 31.2 Å². The molecule has 0 saturated carbocycles. The number of nitrogens with zero attached hydrogens (tertiary/aromatic N) is 2. The molecule has 0 fully saturated rings. The maximum Gasteiger partial charge on any atom is 0.280 e. The molecule has 3 rings (SSSR count). The molecule has 0 bridgehead atoms. The van der Waals surface area contributed by atoms with Crippen molar-refractivity contribution < 1.29 is 19.6 Å². The maximum atomic E-state index is 12.7. The number of fused-ring (bicyclic) bond motifs is 1. The first kappa shape index (κ1) is 16.8. The minimum atomic E-state index is -2.02. The fourth-order valence-electron chi connectivity index (χ4n) is 3.19. The minimum Gasteiger partial charge on any atom is -0.375 e. The zero-order chi connectivity index (χ0) is 18.2. The van der Waals surface area contributed by atoms with Crippen LogP contribution in [0.25, 0.3) is 0 Å². The van der Waals surface area contributed by atoms with Crippen LogP contribution in [0.5, 0.6) is 0 Å². The summed E-state index contributed by atoms with van der Waals surface area (Å²) in [5.74, 6) is -1.25. The molecule has 0 unspecified atom stereocenters. The molecular weight excluding hydrogens is 324 g/mol. The second kappa shape index (κ2) is 6.10. The normalized spacial score (nSPS) is 19.0. The van der Waals surface area contributed by atoms with Crippen molar-refractivity contribution >= 4 is 23.1 Å². The zero-order valence-corrected chi connectivity index (χ0v) is 13.5. The van der Waals surface area contributed by atoms with Crippen LogP contribution in [0.3, 0.4) is 0 Å². The molecule has 1 aliphatic rings. The number of anilines is 1. The first-order valence-electron chi connectivity index (χ1n) is 7.80. The number of hydrogen-bond acceptors (Lipinski definition) is 5. The maximum absolute atomic E-state index is 12.7. The first-order chi connectivity index (χ1) is 11.9. The molecule has 0 aromatic heterocycles. The third-order valence-electron chi connectivity index (χ3n) is 4.37. The van der Waals surface area contributed by atoms with E-state index in [-0.39, 0.29) is 11.3 Å². The number of benzene rings is 2. The van der Waals surface area contributed by atoms with Crippen LogP contribution in [-0.2, 0) is 10.4 Å². The highest BCUT2D eigenvalue weighted by atomic mass is 16.6. The number of carbonyl (C=O) groups excluding carboxylic acids is 2. The number of carbonyl (C=O) groups is 2. The van der Waals surface area contributed by atoms with Gasteiger partial charge in [0.05, 0.1) is 22.6 Å². The molecule has 1 heterocycles. The van der Waals surface area contributed by atoms with Crippen molar-refractivity contribution in [1.82, 2.24) is 0 Å². The van der Waals surface area contributed by atoms with Gasteiger partial charge in [-0.2, -0.15) is 0 Å².